The van der Waals surface area contributed by atoms with Gasteiger partial charge in [-0.2, -0.15) is 13.2 Å². The second kappa shape index (κ2) is 7.71. The summed E-state index contributed by atoms with van der Waals surface area (Å²) >= 11 is 5.81. The molecule has 1 fully saturated rings. The first-order valence-electron chi connectivity index (χ1n) is 8.40. The number of phenols is 1. The van der Waals surface area contributed by atoms with Crippen LogP contribution in [-0.2, 0) is 17.5 Å². The molecule has 0 saturated carbocycles. The van der Waals surface area contributed by atoms with Crippen LogP contribution in [-0.4, -0.2) is 34.4 Å². The first-order valence-corrected chi connectivity index (χ1v) is 8.78. The molecule has 5 nitrogen and oxygen atoms in total. The van der Waals surface area contributed by atoms with Gasteiger partial charge in [0.25, 0.3) is 5.91 Å². The molecule has 0 spiro atoms. The third-order valence-corrected chi connectivity index (χ3v) is 4.73. The van der Waals surface area contributed by atoms with Gasteiger partial charge < -0.3 is 15.3 Å². The summed E-state index contributed by atoms with van der Waals surface area (Å²) in [6.07, 6.45) is -4.27. The van der Waals surface area contributed by atoms with Crippen LogP contribution < -0.4 is 5.32 Å². The number of amides is 2. The lowest BCUT2D eigenvalue weighted by atomic mass is 10.1. The van der Waals surface area contributed by atoms with Gasteiger partial charge in [0, 0.05) is 18.1 Å². The van der Waals surface area contributed by atoms with E-state index in [4.69, 9.17) is 11.6 Å². The highest BCUT2D eigenvalue weighted by Crippen LogP contribution is 2.33. The maximum Gasteiger partial charge on any atom is 0.416 e. The van der Waals surface area contributed by atoms with Gasteiger partial charge in [0.2, 0.25) is 5.91 Å². The summed E-state index contributed by atoms with van der Waals surface area (Å²) in [5, 5.41) is 12.5. The molecule has 0 radical (unpaired) electrons. The molecule has 1 saturated heterocycles. The molecule has 2 N–H and O–H groups in total. The minimum absolute atomic E-state index is 0.0113. The van der Waals surface area contributed by atoms with Gasteiger partial charge in [0.15, 0.2) is 0 Å². The Bertz CT molecular complexity index is 918. The van der Waals surface area contributed by atoms with Crippen molar-refractivity contribution in [1.29, 1.82) is 0 Å². The van der Waals surface area contributed by atoms with Crippen LogP contribution in [0.3, 0.4) is 0 Å². The summed E-state index contributed by atoms with van der Waals surface area (Å²) in [5.41, 5.74) is -0.886. The largest absolute Gasteiger partial charge is 0.507 e. The van der Waals surface area contributed by atoms with E-state index >= 15 is 0 Å². The zero-order chi connectivity index (χ0) is 20.5. The number of hydrogen-bond donors (Lipinski definition) is 2. The number of nitrogens with zero attached hydrogens (tertiary/aromatic N) is 1. The number of phenolic OH excluding ortho intramolecular Hbond substituents is 1. The predicted octanol–water partition coefficient (Wildman–Crippen LogP) is 3.60. The smallest absolute Gasteiger partial charge is 0.416 e. The number of carbonyl (C=O) groups excluding carboxylic acids is 2. The number of carbonyl (C=O) groups is 2. The van der Waals surface area contributed by atoms with Crippen LogP contribution in [0.2, 0.25) is 5.02 Å². The van der Waals surface area contributed by atoms with E-state index in [9.17, 15) is 27.9 Å². The van der Waals surface area contributed by atoms with Crippen LogP contribution in [0.15, 0.2) is 42.5 Å². The molecular weight excluding hydrogens is 397 g/mol. The van der Waals surface area contributed by atoms with Gasteiger partial charge in [-0.15, -0.1) is 0 Å². The fourth-order valence-electron chi connectivity index (χ4n) is 3.10. The Morgan fingerprint density at radius 1 is 1.25 bits per heavy atom. The molecule has 9 heteroatoms. The SMILES string of the molecule is O=C(NC1CCN(Cc2ccccc2C(F)(F)F)C1=O)c1cc(Cl)ccc1O. The molecule has 2 amide bonds. The van der Waals surface area contributed by atoms with E-state index < -0.39 is 29.6 Å². The summed E-state index contributed by atoms with van der Waals surface area (Å²) in [6, 6.07) is 8.11. The van der Waals surface area contributed by atoms with Gasteiger partial charge in [-0.3, -0.25) is 9.59 Å². The Labute approximate surface area is 163 Å². The zero-order valence-electron chi connectivity index (χ0n) is 14.5. The number of aromatic hydroxyl groups is 1. The Morgan fingerprint density at radius 2 is 1.96 bits per heavy atom. The monoisotopic (exact) mass is 412 g/mol. The Morgan fingerprint density at radius 3 is 2.68 bits per heavy atom. The van der Waals surface area contributed by atoms with E-state index in [-0.39, 0.29) is 41.4 Å². The standard InChI is InChI=1S/C19H16ClF3N2O3/c20-12-5-6-16(26)13(9-12)17(27)24-15-7-8-25(18(15)28)10-11-3-1-2-4-14(11)19(21,22)23/h1-6,9,15,26H,7-8,10H2,(H,24,27). The van der Waals surface area contributed by atoms with Gasteiger partial charge >= 0.3 is 6.18 Å². The zero-order valence-corrected chi connectivity index (χ0v) is 15.2. The molecule has 1 unspecified atom stereocenters. The van der Waals surface area contributed by atoms with Crippen molar-refractivity contribution in [3.8, 4) is 5.75 Å². The number of halogens is 4. The normalized spacial score (nSPS) is 17.1. The fraction of sp³-hybridized carbons (Fsp3) is 0.263. The highest BCUT2D eigenvalue weighted by atomic mass is 35.5. The number of rotatable bonds is 4. The lowest BCUT2D eigenvalue weighted by Gasteiger charge is -2.20. The van der Waals surface area contributed by atoms with Crippen molar-refractivity contribution in [3.63, 3.8) is 0 Å². The molecule has 0 aliphatic carbocycles. The van der Waals surface area contributed by atoms with Crippen LogP contribution >= 0.6 is 11.6 Å². The van der Waals surface area contributed by atoms with Crippen molar-refractivity contribution >= 4 is 23.4 Å². The first-order chi connectivity index (χ1) is 13.2. The summed E-state index contributed by atoms with van der Waals surface area (Å²) in [7, 11) is 0. The third-order valence-electron chi connectivity index (χ3n) is 4.49. The van der Waals surface area contributed by atoms with E-state index in [1.165, 1.54) is 41.3 Å². The Balaban J connectivity index is 1.71. The summed E-state index contributed by atoms with van der Waals surface area (Å²) in [5.74, 6) is -1.45. The molecule has 1 atom stereocenters. The highest BCUT2D eigenvalue weighted by molar-refractivity contribution is 6.31. The molecule has 1 heterocycles. The van der Waals surface area contributed by atoms with Crippen LogP contribution in [0.4, 0.5) is 13.2 Å². The first kappa shape index (κ1) is 20.0. The molecule has 0 bridgehead atoms. The van der Waals surface area contributed by atoms with Crippen LogP contribution in [0, 0.1) is 0 Å². The van der Waals surface area contributed by atoms with Gasteiger partial charge in [0.05, 0.1) is 11.1 Å². The van der Waals surface area contributed by atoms with Gasteiger partial charge in [-0.05, 0) is 36.2 Å². The van der Waals surface area contributed by atoms with Crippen molar-refractivity contribution in [2.45, 2.75) is 25.2 Å². The predicted molar refractivity (Wildman–Crippen MR) is 95.8 cm³/mol. The van der Waals surface area contributed by atoms with Crippen molar-refractivity contribution in [3.05, 3.63) is 64.2 Å². The molecule has 0 aromatic heterocycles. The van der Waals surface area contributed by atoms with Crippen LogP contribution in [0.25, 0.3) is 0 Å². The summed E-state index contributed by atoms with van der Waals surface area (Å²) < 4.78 is 39.4. The number of benzene rings is 2. The second-order valence-corrected chi connectivity index (χ2v) is 6.83. The third kappa shape index (κ3) is 4.22. The molecular formula is C19H16ClF3N2O3. The van der Waals surface area contributed by atoms with Crippen molar-refractivity contribution in [2.24, 2.45) is 0 Å². The number of likely N-dealkylation sites (tertiary alicyclic amines) is 1. The number of hydrogen-bond acceptors (Lipinski definition) is 3. The molecule has 1 aliphatic heterocycles. The minimum Gasteiger partial charge on any atom is -0.507 e. The average molecular weight is 413 g/mol. The van der Waals surface area contributed by atoms with Crippen molar-refractivity contribution in [2.75, 3.05) is 6.54 Å². The lowest BCUT2D eigenvalue weighted by molar-refractivity contribution is -0.139. The molecule has 148 valence electrons. The molecule has 28 heavy (non-hydrogen) atoms. The maximum absolute atomic E-state index is 13.1. The maximum atomic E-state index is 13.1. The van der Waals surface area contributed by atoms with Gasteiger partial charge in [-0.25, -0.2) is 0 Å². The molecule has 1 aliphatic rings. The quantitative estimate of drug-likeness (QED) is 0.806. The number of alkyl halides is 3. The van der Waals surface area contributed by atoms with Crippen molar-refractivity contribution < 1.29 is 27.9 Å². The Kier molecular flexibility index (Phi) is 5.51. The highest BCUT2D eigenvalue weighted by Gasteiger charge is 2.37. The molecule has 2 aromatic carbocycles. The van der Waals surface area contributed by atoms with E-state index in [0.29, 0.717) is 0 Å². The fourth-order valence-corrected chi connectivity index (χ4v) is 3.27. The average Bonchev–Trinajstić information content (AvgIpc) is 2.96. The van der Waals surface area contributed by atoms with E-state index in [0.717, 1.165) is 6.07 Å². The summed E-state index contributed by atoms with van der Waals surface area (Å²) in [4.78, 5) is 26.1. The van der Waals surface area contributed by atoms with E-state index in [1.54, 1.807) is 0 Å². The van der Waals surface area contributed by atoms with E-state index in [2.05, 4.69) is 5.32 Å². The summed E-state index contributed by atoms with van der Waals surface area (Å²) in [6.45, 7) is 0.000795. The van der Waals surface area contributed by atoms with Crippen LogP contribution in [0.5, 0.6) is 5.75 Å². The second-order valence-electron chi connectivity index (χ2n) is 6.39. The van der Waals surface area contributed by atoms with Gasteiger partial charge in [-0.1, -0.05) is 29.8 Å². The molecule has 2 aromatic rings. The number of nitrogens with one attached hydrogen (secondary N) is 1. The topological polar surface area (TPSA) is 69.6 Å². The van der Waals surface area contributed by atoms with E-state index in [1.807, 2.05) is 0 Å². The van der Waals surface area contributed by atoms with Crippen LogP contribution in [0.1, 0.15) is 27.9 Å². The Hall–Kier alpha value is -2.74. The minimum atomic E-state index is -4.52. The van der Waals surface area contributed by atoms with Crippen molar-refractivity contribution in [1.82, 2.24) is 10.2 Å². The van der Waals surface area contributed by atoms with Gasteiger partial charge in [0.1, 0.15) is 11.8 Å². The lowest BCUT2D eigenvalue weighted by Crippen LogP contribution is -2.41. The molecule has 3 rings (SSSR count).